The highest BCUT2D eigenvalue weighted by Gasteiger charge is 2.09. The van der Waals surface area contributed by atoms with Gasteiger partial charge in [0.1, 0.15) is 11.3 Å². The summed E-state index contributed by atoms with van der Waals surface area (Å²) in [5.41, 5.74) is 4.25. The Morgan fingerprint density at radius 3 is 2.58 bits per heavy atom. The van der Waals surface area contributed by atoms with Crippen molar-refractivity contribution in [3.8, 4) is 22.5 Å². The number of fused-ring (bicyclic) bond motifs is 1. The number of carbonyl (C=O) groups is 1. The number of pyridine rings is 2. The zero-order valence-electron chi connectivity index (χ0n) is 12.6. The van der Waals surface area contributed by atoms with Gasteiger partial charge in [0.15, 0.2) is 0 Å². The predicted molar refractivity (Wildman–Crippen MR) is 91.7 cm³/mol. The molecule has 0 radical (unpaired) electrons. The van der Waals surface area contributed by atoms with Gasteiger partial charge in [-0.2, -0.15) is 0 Å². The Hall–Kier alpha value is -3.47. The number of benzene rings is 1. The summed E-state index contributed by atoms with van der Waals surface area (Å²) in [4.78, 5) is 23.0. The second-order valence-corrected chi connectivity index (χ2v) is 5.42. The van der Waals surface area contributed by atoms with Gasteiger partial charge in [0.2, 0.25) is 0 Å². The van der Waals surface area contributed by atoms with Crippen LogP contribution in [-0.4, -0.2) is 26.0 Å². The van der Waals surface area contributed by atoms with Crippen molar-refractivity contribution in [2.45, 2.75) is 0 Å². The van der Waals surface area contributed by atoms with Crippen molar-refractivity contribution < 1.29 is 9.90 Å². The molecule has 3 aromatic heterocycles. The fourth-order valence-corrected chi connectivity index (χ4v) is 2.64. The molecule has 24 heavy (non-hydrogen) atoms. The molecular weight excluding hydrogens is 302 g/mol. The van der Waals surface area contributed by atoms with Gasteiger partial charge >= 0.3 is 5.97 Å². The van der Waals surface area contributed by atoms with Crippen LogP contribution in [0.1, 0.15) is 10.5 Å². The second-order valence-electron chi connectivity index (χ2n) is 5.42. The van der Waals surface area contributed by atoms with Crippen LogP contribution in [0, 0.1) is 0 Å². The van der Waals surface area contributed by atoms with Crippen LogP contribution in [0.4, 0.5) is 0 Å². The van der Waals surface area contributed by atoms with Crippen LogP contribution in [0.5, 0.6) is 0 Å². The van der Waals surface area contributed by atoms with E-state index in [4.69, 9.17) is 5.11 Å². The first-order valence-corrected chi connectivity index (χ1v) is 7.45. The fourth-order valence-electron chi connectivity index (χ4n) is 2.64. The van der Waals surface area contributed by atoms with Gasteiger partial charge in [0.05, 0.1) is 5.69 Å². The summed E-state index contributed by atoms with van der Waals surface area (Å²) < 4.78 is 0. The first kappa shape index (κ1) is 14.1. The van der Waals surface area contributed by atoms with Crippen LogP contribution < -0.4 is 0 Å². The summed E-state index contributed by atoms with van der Waals surface area (Å²) in [7, 11) is 0. The average molecular weight is 315 g/mol. The van der Waals surface area contributed by atoms with E-state index in [1.807, 2.05) is 42.5 Å². The topological polar surface area (TPSA) is 78.9 Å². The number of hydrogen-bond acceptors (Lipinski definition) is 3. The SMILES string of the molecule is O=C(O)c1cccc(-c2cnc3[nH]c(-c4ccccc4)cc3c2)n1. The molecule has 0 saturated heterocycles. The lowest BCUT2D eigenvalue weighted by Crippen LogP contribution is -2.00. The highest BCUT2D eigenvalue weighted by atomic mass is 16.4. The lowest BCUT2D eigenvalue weighted by Gasteiger charge is -2.01. The first-order valence-electron chi connectivity index (χ1n) is 7.45. The molecule has 0 bridgehead atoms. The molecule has 3 heterocycles. The molecule has 116 valence electrons. The molecule has 0 aliphatic rings. The van der Waals surface area contributed by atoms with Crippen molar-refractivity contribution in [2.24, 2.45) is 0 Å². The van der Waals surface area contributed by atoms with Gasteiger partial charge in [-0.3, -0.25) is 0 Å². The van der Waals surface area contributed by atoms with E-state index >= 15 is 0 Å². The Kier molecular flexibility index (Phi) is 3.31. The van der Waals surface area contributed by atoms with Gasteiger partial charge in [-0.15, -0.1) is 0 Å². The maximum atomic E-state index is 11.1. The Balaban J connectivity index is 1.79. The zero-order valence-corrected chi connectivity index (χ0v) is 12.6. The highest BCUT2D eigenvalue weighted by molar-refractivity contribution is 5.88. The number of aromatic nitrogens is 3. The van der Waals surface area contributed by atoms with Crippen LogP contribution >= 0.6 is 0 Å². The molecule has 0 aliphatic heterocycles. The van der Waals surface area contributed by atoms with Gasteiger partial charge < -0.3 is 10.1 Å². The van der Waals surface area contributed by atoms with Crippen LogP contribution in [-0.2, 0) is 0 Å². The van der Waals surface area contributed by atoms with Crippen molar-refractivity contribution >= 4 is 17.0 Å². The van der Waals surface area contributed by atoms with Crippen molar-refractivity contribution in [2.75, 3.05) is 0 Å². The number of nitrogens with zero attached hydrogens (tertiary/aromatic N) is 2. The van der Waals surface area contributed by atoms with E-state index in [1.165, 1.54) is 6.07 Å². The van der Waals surface area contributed by atoms with E-state index in [9.17, 15) is 4.79 Å². The summed E-state index contributed by atoms with van der Waals surface area (Å²) in [5, 5.41) is 10.0. The molecule has 0 atom stereocenters. The molecule has 2 N–H and O–H groups in total. The third kappa shape index (κ3) is 2.52. The standard InChI is InChI=1S/C19H13N3O2/c23-19(24)16-8-4-7-15(21-16)14-9-13-10-17(22-18(13)20-11-14)12-5-2-1-3-6-12/h1-11H,(H,20,22)(H,23,24). The van der Waals surface area contributed by atoms with E-state index in [0.717, 1.165) is 27.9 Å². The van der Waals surface area contributed by atoms with Crippen molar-refractivity contribution in [3.63, 3.8) is 0 Å². The Labute approximate surface area is 137 Å². The van der Waals surface area contributed by atoms with E-state index in [2.05, 4.69) is 15.0 Å². The molecule has 4 aromatic rings. The van der Waals surface area contributed by atoms with Gasteiger partial charge in [-0.25, -0.2) is 14.8 Å². The number of carboxylic acid groups (broad SMARTS) is 1. The summed E-state index contributed by atoms with van der Waals surface area (Å²) in [6.45, 7) is 0. The predicted octanol–water partition coefficient (Wildman–Crippen LogP) is 3.99. The Morgan fingerprint density at radius 2 is 1.79 bits per heavy atom. The molecular formula is C19H13N3O2. The normalized spacial score (nSPS) is 10.8. The lowest BCUT2D eigenvalue weighted by atomic mass is 10.1. The van der Waals surface area contributed by atoms with Crippen molar-refractivity contribution in [1.29, 1.82) is 0 Å². The minimum absolute atomic E-state index is 0.0200. The quantitative estimate of drug-likeness (QED) is 0.599. The van der Waals surface area contributed by atoms with Crippen LogP contribution in [0.25, 0.3) is 33.5 Å². The smallest absolute Gasteiger partial charge is 0.354 e. The number of rotatable bonds is 3. The van der Waals surface area contributed by atoms with E-state index < -0.39 is 5.97 Å². The summed E-state index contributed by atoms with van der Waals surface area (Å²) >= 11 is 0. The van der Waals surface area contributed by atoms with E-state index in [1.54, 1.807) is 18.3 Å². The minimum atomic E-state index is -1.04. The number of aromatic carboxylic acids is 1. The molecule has 0 unspecified atom stereocenters. The largest absolute Gasteiger partial charge is 0.477 e. The Morgan fingerprint density at radius 1 is 0.958 bits per heavy atom. The lowest BCUT2D eigenvalue weighted by molar-refractivity contribution is 0.0690. The molecule has 0 amide bonds. The summed E-state index contributed by atoms with van der Waals surface area (Å²) in [6, 6.07) is 18.9. The van der Waals surface area contributed by atoms with Crippen molar-refractivity contribution in [3.05, 3.63) is 72.6 Å². The van der Waals surface area contributed by atoms with Gasteiger partial charge in [0, 0.05) is 22.8 Å². The average Bonchev–Trinajstić information content (AvgIpc) is 3.06. The van der Waals surface area contributed by atoms with Crippen LogP contribution in [0.2, 0.25) is 0 Å². The number of aromatic amines is 1. The van der Waals surface area contributed by atoms with Crippen LogP contribution in [0.15, 0.2) is 66.9 Å². The number of H-pyrrole nitrogens is 1. The molecule has 0 fully saturated rings. The second kappa shape index (κ2) is 5.62. The zero-order chi connectivity index (χ0) is 16.5. The third-order valence-electron chi connectivity index (χ3n) is 3.82. The van der Waals surface area contributed by atoms with E-state index in [-0.39, 0.29) is 5.69 Å². The van der Waals surface area contributed by atoms with Crippen molar-refractivity contribution in [1.82, 2.24) is 15.0 Å². The molecule has 5 nitrogen and oxygen atoms in total. The van der Waals surface area contributed by atoms with Crippen LogP contribution in [0.3, 0.4) is 0 Å². The molecule has 1 aromatic carbocycles. The monoisotopic (exact) mass is 315 g/mol. The molecule has 0 saturated carbocycles. The third-order valence-corrected chi connectivity index (χ3v) is 3.82. The molecule has 5 heteroatoms. The maximum absolute atomic E-state index is 11.1. The number of carboxylic acids is 1. The van der Waals surface area contributed by atoms with E-state index in [0.29, 0.717) is 5.69 Å². The fraction of sp³-hybridized carbons (Fsp3) is 0. The molecule has 0 aliphatic carbocycles. The molecule has 0 spiro atoms. The highest BCUT2D eigenvalue weighted by Crippen LogP contribution is 2.26. The maximum Gasteiger partial charge on any atom is 0.354 e. The summed E-state index contributed by atoms with van der Waals surface area (Å²) in [5.74, 6) is -1.04. The summed E-state index contributed by atoms with van der Waals surface area (Å²) in [6.07, 6.45) is 1.70. The Bertz CT molecular complexity index is 1040. The first-order chi connectivity index (χ1) is 11.7. The van der Waals surface area contributed by atoms with Gasteiger partial charge in [-0.05, 0) is 29.8 Å². The molecule has 4 rings (SSSR count). The van der Waals surface area contributed by atoms with Gasteiger partial charge in [0.25, 0.3) is 0 Å². The number of hydrogen-bond donors (Lipinski definition) is 2. The minimum Gasteiger partial charge on any atom is -0.477 e. The van der Waals surface area contributed by atoms with Gasteiger partial charge in [-0.1, -0.05) is 36.4 Å². The number of nitrogens with one attached hydrogen (secondary N) is 1.